The molecule has 1 aromatic carbocycles. The van der Waals surface area contributed by atoms with Gasteiger partial charge in [-0.2, -0.15) is 13.2 Å². The minimum atomic E-state index is -5.08. The highest BCUT2D eigenvalue weighted by atomic mass is 19.4. The van der Waals surface area contributed by atoms with E-state index in [0.717, 1.165) is 51.6 Å². The smallest absolute Gasteiger partial charge is 0.490 e. The van der Waals surface area contributed by atoms with Gasteiger partial charge in [0.25, 0.3) is 0 Å². The third-order valence-electron chi connectivity index (χ3n) is 5.55. The van der Waals surface area contributed by atoms with Gasteiger partial charge in [0.15, 0.2) is 0 Å². The summed E-state index contributed by atoms with van der Waals surface area (Å²) in [4.78, 5) is 15.5. The molecule has 2 aliphatic rings. The zero-order chi connectivity index (χ0) is 23.9. The molecule has 0 bridgehead atoms. The van der Waals surface area contributed by atoms with Crippen LogP contribution in [0.5, 0.6) is 5.75 Å². The van der Waals surface area contributed by atoms with Gasteiger partial charge in [0.1, 0.15) is 11.4 Å². The molecule has 1 aromatic heterocycles. The van der Waals surface area contributed by atoms with Gasteiger partial charge in [-0.15, -0.1) is 0 Å². The Morgan fingerprint density at radius 1 is 1.33 bits per heavy atom. The first-order chi connectivity index (χ1) is 15.7. The van der Waals surface area contributed by atoms with Gasteiger partial charge < -0.3 is 23.9 Å². The van der Waals surface area contributed by atoms with Gasteiger partial charge in [-0.1, -0.05) is 12.1 Å². The van der Waals surface area contributed by atoms with Crippen LogP contribution in [-0.2, 0) is 27.4 Å². The number of carbonyl (C=O) groups is 1. The molecule has 33 heavy (non-hydrogen) atoms. The molecule has 2 unspecified atom stereocenters. The molecular formula is C22H28F3N3O5. The fourth-order valence-electron chi connectivity index (χ4n) is 4.07. The van der Waals surface area contributed by atoms with Crippen molar-refractivity contribution in [3.05, 3.63) is 48.5 Å². The van der Waals surface area contributed by atoms with Crippen molar-refractivity contribution in [1.29, 1.82) is 0 Å². The molecule has 1 N–H and O–H groups in total. The second-order valence-electron chi connectivity index (χ2n) is 8.24. The van der Waals surface area contributed by atoms with Crippen LogP contribution in [0.4, 0.5) is 13.2 Å². The molecule has 11 heteroatoms. The SMILES string of the molecule is COc1ccc(CN2CCOCC3(CC(Cn4ccnc4)CO3)C2)cc1.O=C(O)C(F)(F)F. The monoisotopic (exact) mass is 471 g/mol. The highest BCUT2D eigenvalue weighted by Gasteiger charge is 2.43. The van der Waals surface area contributed by atoms with Gasteiger partial charge >= 0.3 is 12.1 Å². The summed E-state index contributed by atoms with van der Waals surface area (Å²) in [5.74, 6) is -1.35. The number of ether oxygens (including phenoxy) is 3. The van der Waals surface area contributed by atoms with Crippen LogP contribution in [-0.4, -0.2) is 77.3 Å². The molecule has 8 nitrogen and oxygen atoms in total. The van der Waals surface area contributed by atoms with Crippen LogP contribution in [0.15, 0.2) is 43.0 Å². The van der Waals surface area contributed by atoms with E-state index in [0.29, 0.717) is 12.5 Å². The quantitative estimate of drug-likeness (QED) is 0.718. The second-order valence-corrected chi connectivity index (χ2v) is 8.24. The van der Waals surface area contributed by atoms with Gasteiger partial charge in [0.2, 0.25) is 0 Å². The zero-order valence-corrected chi connectivity index (χ0v) is 18.3. The molecule has 0 aliphatic carbocycles. The van der Waals surface area contributed by atoms with Gasteiger partial charge in [-0.05, 0) is 24.1 Å². The van der Waals surface area contributed by atoms with E-state index in [1.54, 1.807) is 7.11 Å². The number of carboxylic acid groups (broad SMARTS) is 1. The molecule has 2 atom stereocenters. The average Bonchev–Trinajstić information content (AvgIpc) is 3.37. The third-order valence-corrected chi connectivity index (χ3v) is 5.55. The summed E-state index contributed by atoms with van der Waals surface area (Å²) in [6.07, 6.45) is 1.68. The summed E-state index contributed by atoms with van der Waals surface area (Å²) in [6, 6.07) is 8.31. The Morgan fingerprint density at radius 3 is 2.67 bits per heavy atom. The van der Waals surface area contributed by atoms with Crippen LogP contribution in [0, 0.1) is 5.92 Å². The van der Waals surface area contributed by atoms with Crippen LogP contribution in [0.3, 0.4) is 0 Å². The van der Waals surface area contributed by atoms with Crippen molar-refractivity contribution in [2.75, 3.05) is 40.0 Å². The lowest BCUT2D eigenvalue weighted by Gasteiger charge is -2.31. The van der Waals surface area contributed by atoms with E-state index in [1.807, 2.05) is 30.9 Å². The predicted molar refractivity (Wildman–Crippen MR) is 112 cm³/mol. The van der Waals surface area contributed by atoms with E-state index < -0.39 is 12.1 Å². The van der Waals surface area contributed by atoms with Crippen molar-refractivity contribution in [2.24, 2.45) is 5.92 Å². The Bertz CT molecular complexity index is 876. The Kier molecular flexibility index (Phi) is 8.33. The van der Waals surface area contributed by atoms with E-state index in [4.69, 9.17) is 24.1 Å². The van der Waals surface area contributed by atoms with E-state index >= 15 is 0 Å². The predicted octanol–water partition coefficient (Wildman–Crippen LogP) is 2.83. The van der Waals surface area contributed by atoms with Crippen LogP contribution < -0.4 is 4.74 Å². The van der Waals surface area contributed by atoms with Crippen LogP contribution in [0.25, 0.3) is 0 Å². The number of carboxylic acids is 1. The Labute approximate surface area is 189 Å². The van der Waals surface area contributed by atoms with E-state index in [9.17, 15) is 13.2 Å². The highest BCUT2D eigenvalue weighted by Crippen LogP contribution is 2.34. The topological polar surface area (TPSA) is 86.0 Å². The molecule has 2 aliphatic heterocycles. The maximum Gasteiger partial charge on any atom is 0.490 e. The van der Waals surface area contributed by atoms with Gasteiger partial charge in [-0.25, -0.2) is 9.78 Å². The minimum absolute atomic E-state index is 0.186. The lowest BCUT2D eigenvalue weighted by Crippen LogP contribution is -2.43. The van der Waals surface area contributed by atoms with Crippen LogP contribution >= 0.6 is 0 Å². The first-order valence-corrected chi connectivity index (χ1v) is 10.5. The second kappa shape index (κ2) is 11.0. The van der Waals surface area contributed by atoms with Crippen molar-refractivity contribution < 1.29 is 37.3 Å². The van der Waals surface area contributed by atoms with Crippen molar-refractivity contribution in [1.82, 2.24) is 14.5 Å². The number of nitrogens with zero attached hydrogens (tertiary/aromatic N) is 3. The normalized spacial score (nSPS) is 23.6. The number of aliphatic carboxylic acids is 1. The summed E-state index contributed by atoms with van der Waals surface area (Å²) in [5.41, 5.74) is 1.10. The summed E-state index contributed by atoms with van der Waals surface area (Å²) in [6.45, 7) is 5.95. The van der Waals surface area contributed by atoms with Crippen molar-refractivity contribution in [3.8, 4) is 5.75 Å². The largest absolute Gasteiger partial charge is 0.497 e. The molecule has 4 rings (SSSR count). The van der Waals surface area contributed by atoms with Gasteiger partial charge in [0.05, 0.1) is 33.3 Å². The van der Waals surface area contributed by atoms with Crippen molar-refractivity contribution in [3.63, 3.8) is 0 Å². The highest BCUT2D eigenvalue weighted by molar-refractivity contribution is 5.73. The number of imidazole rings is 1. The molecule has 0 radical (unpaired) electrons. The summed E-state index contributed by atoms with van der Waals surface area (Å²) in [5, 5.41) is 7.12. The van der Waals surface area contributed by atoms with Crippen LogP contribution in [0.2, 0.25) is 0 Å². The van der Waals surface area contributed by atoms with Gasteiger partial charge in [0, 0.05) is 44.5 Å². The number of hydrogen-bond donors (Lipinski definition) is 1. The molecule has 2 aromatic rings. The van der Waals surface area contributed by atoms with Crippen molar-refractivity contribution in [2.45, 2.75) is 31.3 Å². The van der Waals surface area contributed by atoms with Crippen LogP contribution in [0.1, 0.15) is 12.0 Å². The molecule has 2 saturated heterocycles. The summed E-state index contributed by atoms with van der Waals surface area (Å²) >= 11 is 0. The Morgan fingerprint density at radius 2 is 2.06 bits per heavy atom. The molecule has 2 fully saturated rings. The third kappa shape index (κ3) is 7.44. The average molecular weight is 471 g/mol. The zero-order valence-electron chi connectivity index (χ0n) is 18.3. The first kappa shape index (κ1) is 25.0. The molecule has 3 heterocycles. The van der Waals surface area contributed by atoms with E-state index in [2.05, 4.69) is 26.6 Å². The number of aromatic nitrogens is 2. The summed E-state index contributed by atoms with van der Waals surface area (Å²) in [7, 11) is 1.70. The number of alkyl halides is 3. The maximum atomic E-state index is 10.6. The molecular weight excluding hydrogens is 443 g/mol. The first-order valence-electron chi connectivity index (χ1n) is 10.5. The maximum absolute atomic E-state index is 10.6. The number of hydrogen-bond acceptors (Lipinski definition) is 6. The number of rotatable bonds is 5. The number of methoxy groups -OCH3 is 1. The Balaban J connectivity index is 0.000000383. The van der Waals surface area contributed by atoms with Crippen molar-refractivity contribution >= 4 is 5.97 Å². The summed E-state index contributed by atoms with van der Waals surface area (Å²) < 4.78 is 51.3. The standard InChI is InChI=1S/C20H27N3O3.C2HF3O2/c1-24-19-4-2-17(3-5-19)11-22-8-9-25-15-20(14-22)10-18(13-26-20)12-23-7-6-21-16-23;3-2(4,5)1(6)7/h2-7,16,18H,8-15H2,1H3;(H,6,7). The fraction of sp³-hybridized carbons (Fsp3) is 0.545. The fourth-order valence-corrected chi connectivity index (χ4v) is 4.07. The number of halogens is 3. The molecule has 182 valence electrons. The van der Waals surface area contributed by atoms with Gasteiger partial charge in [-0.3, -0.25) is 4.90 Å². The molecule has 0 amide bonds. The van der Waals surface area contributed by atoms with E-state index in [1.165, 1.54) is 5.56 Å². The van der Waals surface area contributed by atoms with E-state index in [-0.39, 0.29) is 5.60 Å². The molecule has 1 spiro atoms. The molecule has 0 saturated carbocycles. The number of benzene rings is 1. The lowest BCUT2D eigenvalue weighted by atomic mass is 9.94. The lowest BCUT2D eigenvalue weighted by molar-refractivity contribution is -0.192. The minimum Gasteiger partial charge on any atom is -0.497 e. The Hall–Kier alpha value is -2.63.